The largest absolute Gasteiger partial charge is 0.394 e. The van der Waals surface area contributed by atoms with Crippen molar-refractivity contribution in [1.29, 1.82) is 0 Å². The summed E-state index contributed by atoms with van der Waals surface area (Å²) in [5.41, 5.74) is -1.70. The number of allylic oxidation sites excluding steroid dienone is 1. The fourth-order valence-corrected chi connectivity index (χ4v) is 8.10. The van der Waals surface area contributed by atoms with Crippen molar-refractivity contribution in [3.63, 3.8) is 0 Å². The molecule has 0 saturated carbocycles. The Bertz CT molecular complexity index is 1780. The van der Waals surface area contributed by atoms with E-state index >= 15 is 0 Å². The predicted molar refractivity (Wildman–Crippen MR) is 225 cm³/mol. The third kappa shape index (κ3) is 14.4. The normalized spacial score (nSPS) is 33.0. The van der Waals surface area contributed by atoms with Crippen molar-refractivity contribution in [2.24, 2.45) is 5.92 Å². The number of aliphatic hydroxyl groups is 7. The van der Waals surface area contributed by atoms with E-state index in [9.17, 15) is 59.7 Å². The van der Waals surface area contributed by atoms with Gasteiger partial charge in [-0.3, -0.25) is 28.7 Å². The Labute approximate surface area is 371 Å². The number of rotatable bonds is 23. The summed E-state index contributed by atoms with van der Waals surface area (Å²) in [5, 5.41) is 84.8. The van der Waals surface area contributed by atoms with E-state index in [0.29, 0.717) is 12.3 Å². The summed E-state index contributed by atoms with van der Waals surface area (Å²) in [7, 11) is 1.36. The first-order chi connectivity index (χ1) is 30.4. The summed E-state index contributed by atoms with van der Waals surface area (Å²) in [6.45, 7) is 6.17. The third-order valence-electron chi connectivity index (χ3n) is 11.7. The number of hydrogen-bond acceptors (Lipinski definition) is 17. The molecule has 3 saturated heterocycles. The maximum Gasteiger partial charge on any atom is 0.330 e. The number of aliphatic hydroxyl groups excluding tert-OH is 7. The molecule has 22 heteroatoms. The van der Waals surface area contributed by atoms with E-state index in [0.717, 1.165) is 49.4 Å². The Morgan fingerprint density at radius 2 is 1.48 bits per heavy atom. The Morgan fingerprint density at radius 3 is 2.11 bits per heavy atom. The highest BCUT2D eigenvalue weighted by atomic mass is 16.8. The highest BCUT2D eigenvalue weighted by molar-refractivity contribution is 5.87. The quantitative estimate of drug-likeness (QED) is 0.0406. The number of nitrogens with one attached hydrogen (secondary N) is 4. The Balaban J connectivity index is 1.54. The number of aromatic nitrogens is 2. The van der Waals surface area contributed by atoms with E-state index < -0.39 is 140 Å². The molecule has 3 aliphatic heterocycles. The summed E-state index contributed by atoms with van der Waals surface area (Å²) in [4.78, 5) is 64.3. The lowest BCUT2D eigenvalue weighted by Gasteiger charge is -2.48. The summed E-state index contributed by atoms with van der Waals surface area (Å²) in [5.74, 6) is -1.25. The molecule has 0 aromatic carbocycles. The minimum Gasteiger partial charge on any atom is -0.394 e. The zero-order chi connectivity index (χ0) is 47.2. The molecule has 364 valence electrons. The zero-order valence-corrected chi connectivity index (χ0v) is 37.1. The molecule has 22 nitrogen and oxygen atoms in total. The number of amides is 3. The Kier molecular flexibility index (Phi) is 20.9. The van der Waals surface area contributed by atoms with Crippen LogP contribution in [0.1, 0.15) is 98.1 Å². The van der Waals surface area contributed by atoms with Crippen LogP contribution in [0.25, 0.3) is 0 Å². The number of likely N-dealkylation sites (N-methyl/N-ethyl adjacent to an activating group) is 1. The number of carbonyl (C=O) groups is 3. The number of ether oxygens (including phenoxy) is 5. The fourth-order valence-electron chi connectivity index (χ4n) is 8.10. The number of hydrogen-bond donors (Lipinski definition) is 11. The molecule has 1 aromatic rings. The van der Waals surface area contributed by atoms with E-state index in [2.05, 4.69) is 29.8 Å². The van der Waals surface area contributed by atoms with Crippen LogP contribution in [0.3, 0.4) is 0 Å². The van der Waals surface area contributed by atoms with Gasteiger partial charge in [0.2, 0.25) is 17.7 Å². The monoisotopic (exact) mass is 915 g/mol. The van der Waals surface area contributed by atoms with Gasteiger partial charge in [-0.2, -0.15) is 0 Å². The van der Waals surface area contributed by atoms with Crippen LogP contribution in [-0.4, -0.2) is 168 Å². The van der Waals surface area contributed by atoms with E-state index in [1.54, 1.807) is 6.08 Å². The molecule has 0 aliphatic carbocycles. The molecular weight excluding hydrogens is 846 g/mol. The molecule has 4 heterocycles. The number of unbranched alkanes of at least 4 members (excludes halogenated alkanes) is 7. The first-order valence-electron chi connectivity index (χ1n) is 22.1. The van der Waals surface area contributed by atoms with Crippen LogP contribution in [0.2, 0.25) is 0 Å². The van der Waals surface area contributed by atoms with Crippen molar-refractivity contribution >= 4 is 17.7 Å². The van der Waals surface area contributed by atoms with Crippen molar-refractivity contribution in [2.45, 2.75) is 190 Å². The SMILES string of the molecule is CNC(=O)[C@@H](C)O[C@H]1[C@H](O)[C@@H](CO)O[C@H](O[C@@H]2O[C@H](C[C@@H](O)[C@H]3O[C@@H](n4ccc(=O)[nH]c4=O)[C@H](O)[C@@H]3O)[C@H](O)[C@H](O)[C@H]2NC(=O)/C=C/CCCCCCCCCC(C)C)[C@@H]1NC(C)=O. The molecule has 0 bridgehead atoms. The van der Waals surface area contributed by atoms with Gasteiger partial charge in [0, 0.05) is 32.7 Å². The van der Waals surface area contributed by atoms with Gasteiger partial charge in [-0.1, -0.05) is 64.9 Å². The minimum atomic E-state index is -1.89. The molecular formula is C42H69N5O17. The predicted octanol–water partition coefficient (Wildman–Crippen LogP) is -2.32. The number of nitrogens with zero attached hydrogens (tertiary/aromatic N) is 1. The first-order valence-corrected chi connectivity index (χ1v) is 22.1. The van der Waals surface area contributed by atoms with Crippen LogP contribution in [0.15, 0.2) is 34.0 Å². The average molecular weight is 916 g/mol. The highest BCUT2D eigenvalue weighted by Crippen LogP contribution is 2.35. The van der Waals surface area contributed by atoms with Gasteiger partial charge in [0.15, 0.2) is 18.8 Å². The highest BCUT2D eigenvalue weighted by Gasteiger charge is 2.54. The van der Waals surface area contributed by atoms with Gasteiger partial charge in [0.1, 0.15) is 67.0 Å². The van der Waals surface area contributed by atoms with E-state index in [1.165, 1.54) is 45.7 Å². The fraction of sp³-hybridized carbons (Fsp3) is 0.786. The van der Waals surface area contributed by atoms with E-state index in [4.69, 9.17) is 23.7 Å². The van der Waals surface area contributed by atoms with E-state index in [-0.39, 0.29) is 0 Å². The van der Waals surface area contributed by atoms with Crippen LogP contribution in [-0.2, 0) is 38.1 Å². The van der Waals surface area contributed by atoms with Gasteiger partial charge >= 0.3 is 5.69 Å². The second-order valence-electron chi connectivity index (χ2n) is 17.1. The lowest BCUT2D eigenvalue weighted by molar-refractivity contribution is -0.350. The maximum atomic E-state index is 13.3. The molecule has 3 aliphatic rings. The standard InChI is InChI=1S/C42H69N5O17/c1-21(2)15-13-11-9-7-6-8-10-12-14-16-27(51)45-29-33(55)31(53)25(19-24(50)36-34(56)35(57)39(63-36)47-18-17-28(52)46-42(47)59)61-40(29)64-41-30(44-23(4)49)37(32(54)26(20-48)62-41)60-22(3)38(58)43-5/h14,16-18,21-22,24-26,29-37,39-41,48,50,53-57H,6-13,15,19-20H2,1-5H3,(H,43,58)(H,44,49)(H,45,51)(H,46,52,59)/b16-14+/t22-,24-,25-,26-,29-,30-,31+,32-,33-,34+,35-,36-,37-,39-,40+,41-/m1/s1. The lowest BCUT2D eigenvalue weighted by Crippen LogP contribution is -2.69. The van der Waals surface area contributed by atoms with Gasteiger partial charge < -0.3 is 75.4 Å². The summed E-state index contributed by atoms with van der Waals surface area (Å²) in [6.07, 6.45) is -10.3. The van der Waals surface area contributed by atoms with Gasteiger partial charge in [-0.05, 0) is 31.8 Å². The maximum absolute atomic E-state index is 13.3. The Hall–Kier alpha value is -3.65. The smallest absolute Gasteiger partial charge is 0.330 e. The first kappa shape index (κ1) is 53.0. The second-order valence-corrected chi connectivity index (χ2v) is 17.1. The molecule has 1 aromatic heterocycles. The lowest BCUT2D eigenvalue weighted by atomic mass is 9.91. The third-order valence-corrected chi connectivity index (χ3v) is 11.7. The topological polar surface area (TPSA) is 330 Å². The molecule has 3 fully saturated rings. The van der Waals surface area contributed by atoms with Crippen molar-refractivity contribution in [3.8, 4) is 0 Å². The van der Waals surface area contributed by atoms with Gasteiger partial charge in [0.25, 0.3) is 5.56 Å². The van der Waals surface area contributed by atoms with Crippen LogP contribution < -0.4 is 27.2 Å². The molecule has 0 unspecified atom stereocenters. The zero-order valence-electron chi connectivity index (χ0n) is 37.1. The number of aromatic amines is 1. The number of carbonyl (C=O) groups excluding carboxylic acids is 3. The van der Waals surface area contributed by atoms with Crippen LogP contribution in [0.5, 0.6) is 0 Å². The summed E-state index contributed by atoms with van der Waals surface area (Å²) < 4.78 is 30.5. The molecule has 16 atom stereocenters. The molecule has 0 radical (unpaired) electrons. The van der Waals surface area contributed by atoms with Crippen LogP contribution in [0.4, 0.5) is 0 Å². The van der Waals surface area contributed by atoms with Crippen LogP contribution >= 0.6 is 0 Å². The van der Waals surface area contributed by atoms with Gasteiger partial charge in [-0.15, -0.1) is 0 Å². The van der Waals surface area contributed by atoms with Crippen LogP contribution in [0, 0.1) is 5.92 Å². The average Bonchev–Trinajstić information content (AvgIpc) is 3.54. The molecule has 0 spiro atoms. The van der Waals surface area contributed by atoms with Crippen molar-refractivity contribution in [1.82, 2.24) is 25.5 Å². The van der Waals surface area contributed by atoms with Crippen molar-refractivity contribution < 1.29 is 73.8 Å². The molecule has 4 rings (SSSR count). The molecule has 64 heavy (non-hydrogen) atoms. The molecule has 11 N–H and O–H groups in total. The molecule has 3 amide bonds. The minimum absolute atomic E-state index is 0.586. The Morgan fingerprint density at radius 1 is 0.844 bits per heavy atom. The van der Waals surface area contributed by atoms with Crippen molar-refractivity contribution in [2.75, 3.05) is 13.7 Å². The number of H-pyrrole nitrogens is 1. The summed E-state index contributed by atoms with van der Waals surface area (Å²) in [6, 6.07) is -2.02. The van der Waals surface area contributed by atoms with E-state index in [1.807, 2.05) is 4.98 Å². The second kappa shape index (κ2) is 25.3. The summed E-state index contributed by atoms with van der Waals surface area (Å²) >= 11 is 0. The van der Waals surface area contributed by atoms with Crippen molar-refractivity contribution in [3.05, 3.63) is 45.3 Å². The van der Waals surface area contributed by atoms with Gasteiger partial charge in [-0.25, -0.2) is 4.79 Å². The van der Waals surface area contributed by atoms with Gasteiger partial charge in [0.05, 0.1) is 18.8 Å².